The van der Waals surface area contributed by atoms with E-state index in [1.807, 2.05) is 66.0 Å². The number of amides is 1. The summed E-state index contributed by atoms with van der Waals surface area (Å²) in [5.74, 6) is 0.501. The van der Waals surface area contributed by atoms with Gasteiger partial charge in [0.2, 0.25) is 0 Å². The van der Waals surface area contributed by atoms with Crippen LogP contribution in [0.5, 0.6) is 5.75 Å². The molecule has 34 heavy (non-hydrogen) atoms. The number of para-hydroxylation sites is 1. The number of halogens is 1. The minimum Gasteiger partial charge on any atom is -0.492 e. The van der Waals surface area contributed by atoms with Crippen LogP contribution in [0, 0.1) is 0 Å². The van der Waals surface area contributed by atoms with E-state index < -0.39 is 0 Å². The van der Waals surface area contributed by atoms with Crippen molar-refractivity contribution >= 4 is 50.2 Å². The van der Waals surface area contributed by atoms with Gasteiger partial charge in [0, 0.05) is 22.2 Å². The van der Waals surface area contributed by atoms with Crippen molar-refractivity contribution in [2.24, 2.45) is 5.10 Å². The molecule has 4 aromatic rings. The van der Waals surface area contributed by atoms with Gasteiger partial charge in [0.05, 0.1) is 23.0 Å². The third kappa shape index (κ3) is 6.30. The highest BCUT2D eigenvalue weighted by Crippen LogP contribution is 2.27. The van der Waals surface area contributed by atoms with Crippen LogP contribution in [-0.4, -0.2) is 23.7 Å². The smallest absolute Gasteiger partial charge is 0.271 e. The lowest BCUT2D eigenvalue weighted by Crippen LogP contribution is -2.17. The largest absolute Gasteiger partial charge is 0.492 e. The highest BCUT2D eigenvalue weighted by Gasteiger charge is 2.08. The van der Waals surface area contributed by atoms with E-state index in [-0.39, 0.29) is 5.91 Å². The number of carbonyl (C=O) groups is 1. The highest BCUT2D eigenvalue weighted by atomic mass is 79.9. The van der Waals surface area contributed by atoms with Gasteiger partial charge in [0.1, 0.15) is 5.75 Å². The number of carbonyl (C=O) groups excluding carboxylic acids is 1. The third-order valence-electron chi connectivity index (χ3n) is 4.77. The Bertz CT molecular complexity index is 1270. The summed E-state index contributed by atoms with van der Waals surface area (Å²) in [6.07, 6.45) is 2.54. The molecule has 0 atom stereocenters. The number of hydrogen-bond acceptors (Lipinski definition) is 6. The van der Waals surface area contributed by atoms with Crippen molar-refractivity contribution in [2.75, 3.05) is 11.9 Å². The summed E-state index contributed by atoms with van der Waals surface area (Å²) < 4.78 is 6.49. The maximum Gasteiger partial charge on any atom is 0.271 e. The molecule has 0 unspecified atom stereocenters. The molecular weight excluding hydrogens is 512 g/mol. The lowest BCUT2D eigenvalue weighted by Gasteiger charge is -2.07. The van der Waals surface area contributed by atoms with Gasteiger partial charge in [-0.15, -0.1) is 11.3 Å². The molecule has 0 aliphatic carbocycles. The molecule has 0 saturated carbocycles. The Morgan fingerprint density at radius 1 is 1.12 bits per heavy atom. The summed E-state index contributed by atoms with van der Waals surface area (Å²) in [5, 5.41) is 10.2. The molecule has 0 spiro atoms. The molecule has 2 N–H and O–H groups in total. The first-order chi connectivity index (χ1) is 16.6. The Morgan fingerprint density at radius 3 is 2.65 bits per heavy atom. The second-order valence-electron chi connectivity index (χ2n) is 7.34. The minimum atomic E-state index is -0.283. The van der Waals surface area contributed by atoms with Gasteiger partial charge in [-0.2, -0.15) is 5.10 Å². The van der Waals surface area contributed by atoms with Crippen molar-refractivity contribution in [3.8, 4) is 17.0 Å². The fourth-order valence-corrected chi connectivity index (χ4v) is 4.31. The Labute approximate surface area is 210 Å². The number of nitrogens with zero attached hydrogens (tertiary/aromatic N) is 2. The summed E-state index contributed by atoms with van der Waals surface area (Å²) in [4.78, 5) is 17.1. The number of ether oxygens (including phenoxy) is 1. The first-order valence-electron chi connectivity index (χ1n) is 10.8. The second kappa shape index (κ2) is 11.6. The van der Waals surface area contributed by atoms with E-state index in [1.165, 1.54) is 11.3 Å². The number of hydrogen-bond donors (Lipinski definition) is 2. The summed E-state index contributed by atoms with van der Waals surface area (Å²) in [6.45, 7) is 2.72. The van der Waals surface area contributed by atoms with Crippen LogP contribution in [0.15, 0.2) is 87.8 Å². The van der Waals surface area contributed by atoms with Crippen molar-refractivity contribution in [3.05, 3.63) is 93.8 Å². The van der Waals surface area contributed by atoms with Crippen LogP contribution in [0.3, 0.4) is 0 Å². The molecule has 1 heterocycles. The van der Waals surface area contributed by atoms with Gasteiger partial charge in [0.25, 0.3) is 5.91 Å². The molecule has 8 heteroatoms. The number of benzene rings is 3. The topological polar surface area (TPSA) is 75.6 Å². The fraction of sp³-hybridized carbons (Fsp3) is 0.115. The van der Waals surface area contributed by atoms with Gasteiger partial charge in [-0.25, -0.2) is 10.4 Å². The average molecular weight is 535 g/mol. The zero-order valence-electron chi connectivity index (χ0n) is 18.5. The van der Waals surface area contributed by atoms with Gasteiger partial charge >= 0.3 is 0 Å². The van der Waals surface area contributed by atoms with Crippen LogP contribution in [0.4, 0.5) is 10.8 Å². The molecule has 4 rings (SSSR count). The molecule has 0 fully saturated rings. The standard InChI is InChI=1S/C26H23BrN4O2S/c1-2-14-33-24-13-8-18(15-22(24)27)16-28-31-25(32)20-11-9-19(10-12-20)23-17-34-26(30-23)29-21-6-4-3-5-7-21/h3-13,15-17H,2,14H2,1H3,(H,29,30)(H,31,32)/b28-16-. The minimum absolute atomic E-state index is 0.283. The molecular formula is C26H23BrN4O2S. The Balaban J connectivity index is 1.34. The van der Waals surface area contributed by atoms with Crippen molar-refractivity contribution in [1.29, 1.82) is 0 Å². The van der Waals surface area contributed by atoms with Crippen molar-refractivity contribution in [2.45, 2.75) is 13.3 Å². The van der Waals surface area contributed by atoms with Gasteiger partial charge in [-0.05, 0) is 70.4 Å². The summed E-state index contributed by atoms with van der Waals surface area (Å²) in [6, 6.07) is 22.9. The molecule has 0 bridgehead atoms. The maximum atomic E-state index is 12.5. The summed E-state index contributed by atoms with van der Waals surface area (Å²) in [5.41, 5.74) is 6.71. The predicted molar refractivity (Wildman–Crippen MR) is 142 cm³/mol. The van der Waals surface area contributed by atoms with E-state index in [2.05, 4.69) is 43.7 Å². The van der Waals surface area contributed by atoms with Crippen LogP contribution in [-0.2, 0) is 0 Å². The van der Waals surface area contributed by atoms with Crippen LogP contribution < -0.4 is 15.5 Å². The fourth-order valence-electron chi connectivity index (χ4n) is 3.06. The Hall–Kier alpha value is -3.49. The van der Waals surface area contributed by atoms with Crippen LogP contribution >= 0.6 is 27.3 Å². The maximum absolute atomic E-state index is 12.5. The molecule has 1 amide bonds. The van der Waals surface area contributed by atoms with E-state index in [9.17, 15) is 4.79 Å². The number of rotatable bonds is 9. The molecule has 0 saturated heterocycles. The van der Waals surface area contributed by atoms with Crippen molar-refractivity contribution in [1.82, 2.24) is 10.4 Å². The number of nitrogens with one attached hydrogen (secondary N) is 2. The first kappa shape index (κ1) is 23.7. The Morgan fingerprint density at radius 2 is 1.91 bits per heavy atom. The van der Waals surface area contributed by atoms with Gasteiger partial charge in [-0.1, -0.05) is 37.3 Å². The van der Waals surface area contributed by atoms with Crippen LogP contribution in [0.1, 0.15) is 29.3 Å². The van der Waals surface area contributed by atoms with Crippen LogP contribution in [0.25, 0.3) is 11.3 Å². The zero-order valence-corrected chi connectivity index (χ0v) is 20.9. The summed E-state index contributed by atoms with van der Waals surface area (Å²) >= 11 is 5.03. The normalized spacial score (nSPS) is 10.9. The van der Waals surface area contributed by atoms with Gasteiger partial charge < -0.3 is 10.1 Å². The van der Waals surface area contributed by atoms with E-state index in [0.717, 1.165) is 44.3 Å². The predicted octanol–water partition coefficient (Wildman–Crippen LogP) is 6.87. The molecule has 1 aromatic heterocycles. The average Bonchev–Trinajstić information content (AvgIpc) is 3.32. The Kier molecular flexibility index (Phi) is 8.06. The summed E-state index contributed by atoms with van der Waals surface area (Å²) in [7, 11) is 0. The van der Waals surface area contributed by atoms with Crippen LogP contribution in [0.2, 0.25) is 0 Å². The molecule has 172 valence electrons. The highest BCUT2D eigenvalue weighted by molar-refractivity contribution is 9.10. The monoisotopic (exact) mass is 534 g/mol. The molecule has 0 aliphatic heterocycles. The first-order valence-corrected chi connectivity index (χ1v) is 12.4. The molecule has 6 nitrogen and oxygen atoms in total. The van der Waals surface area contributed by atoms with Crippen molar-refractivity contribution in [3.63, 3.8) is 0 Å². The van der Waals surface area contributed by atoms with E-state index in [1.54, 1.807) is 18.3 Å². The number of anilines is 2. The second-order valence-corrected chi connectivity index (χ2v) is 9.06. The molecule has 3 aromatic carbocycles. The van der Waals surface area contributed by atoms with Gasteiger partial charge in [0.15, 0.2) is 5.13 Å². The zero-order chi connectivity index (χ0) is 23.8. The number of hydrazone groups is 1. The van der Waals surface area contributed by atoms with Crippen molar-refractivity contribution < 1.29 is 9.53 Å². The van der Waals surface area contributed by atoms with E-state index >= 15 is 0 Å². The quantitative estimate of drug-likeness (QED) is 0.181. The SMILES string of the molecule is CCCOc1ccc(/C=N\NC(=O)c2ccc(-c3csc(Nc4ccccc4)n3)cc2)cc1Br. The molecule has 0 aliphatic rings. The lowest BCUT2D eigenvalue weighted by molar-refractivity contribution is 0.0955. The number of thiazole rings is 1. The third-order valence-corrected chi connectivity index (χ3v) is 6.15. The van der Waals surface area contributed by atoms with E-state index in [4.69, 9.17) is 4.74 Å². The van der Waals surface area contributed by atoms with Gasteiger partial charge in [-0.3, -0.25) is 4.79 Å². The molecule has 0 radical (unpaired) electrons. The van der Waals surface area contributed by atoms with E-state index in [0.29, 0.717) is 12.2 Å². The lowest BCUT2D eigenvalue weighted by atomic mass is 10.1. The number of aromatic nitrogens is 1.